The molecule has 428 valence electrons. The average Bonchev–Trinajstić information content (AvgIpc) is 0.786. The van der Waals surface area contributed by atoms with Gasteiger partial charge in [0.2, 0.25) is 0 Å². The van der Waals surface area contributed by atoms with E-state index in [-0.39, 0.29) is 0 Å². The van der Waals surface area contributed by atoms with Gasteiger partial charge in [-0.1, -0.05) is 272 Å². The van der Waals surface area contributed by atoms with Crippen LogP contribution in [0, 0.1) is 0 Å². The number of hydrogen-bond acceptors (Lipinski definition) is 2. The quantitative estimate of drug-likeness (QED) is 0.149. The van der Waals surface area contributed by atoms with E-state index in [1.165, 1.54) is 0 Å². The van der Waals surface area contributed by atoms with Gasteiger partial charge >= 0.3 is 0 Å². The Morgan fingerprint density at radius 3 is 0.772 bits per heavy atom. The lowest BCUT2D eigenvalue weighted by Crippen LogP contribution is -1.92. The average molecular weight is 1230 g/mol. The minimum absolute atomic E-state index is 0.433. The summed E-state index contributed by atoms with van der Waals surface area (Å²) in [5.74, 6) is 0. The van der Waals surface area contributed by atoms with Crippen LogP contribution in [-0.2, 0) is 0 Å². The molecule has 0 atom stereocenters. The molecule has 0 fully saturated rings. The zero-order chi connectivity index (χ0) is 109. The van der Waals surface area contributed by atoms with Crippen molar-refractivity contribution in [3.05, 3.63) is 338 Å². The van der Waals surface area contributed by atoms with Crippen molar-refractivity contribution in [3.8, 4) is 77.9 Å². The topological polar surface area (TPSA) is 26.3 Å². The van der Waals surface area contributed by atoms with Gasteiger partial charge in [0.05, 0.1) is 76.8 Å². The van der Waals surface area contributed by atoms with Gasteiger partial charge in [0.1, 0.15) is 22.3 Å². The molecular weight excluding hydrogens is 1110 g/mol. The molecule has 0 aliphatic rings. The molecule has 2 heteroatoms. The fourth-order valence-corrected chi connectivity index (χ4v) is 10.8. The van der Waals surface area contributed by atoms with Crippen LogP contribution in [0.15, 0.2) is 347 Å². The van der Waals surface area contributed by atoms with Crippen molar-refractivity contribution in [2.75, 3.05) is 0 Å². The molecule has 0 N–H and O–H groups in total. The number of hydrogen-bond donors (Lipinski definition) is 0. The van der Waals surface area contributed by atoms with E-state index in [9.17, 15) is 28.8 Å². The Kier molecular flexibility index (Phi) is 5.06. The normalized spacial score (nSPS) is 20.2. The van der Waals surface area contributed by atoms with Crippen molar-refractivity contribution in [1.29, 1.82) is 0 Å². The molecule has 0 saturated carbocycles. The van der Waals surface area contributed by atoms with Gasteiger partial charge in [-0.2, -0.15) is 0 Å². The summed E-state index contributed by atoms with van der Waals surface area (Å²) in [5.41, 5.74) is -14.2. The molecular formula is C90H56O2. The van der Waals surface area contributed by atoms with Gasteiger partial charge < -0.3 is 8.83 Å². The predicted octanol–water partition coefficient (Wildman–Crippen LogP) is 25.8. The molecule has 0 amide bonds. The molecule has 0 unspecified atom stereocenters. The smallest absolute Gasteiger partial charge is 0.136 e. The van der Waals surface area contributed by atoms with Gasteiger partial charge in [-0.25, -0.2) is 0 Å². The summed E-state index contributed by atoms with van der Waals surface area (Å²) in [7, 11) is 0. The van der Waals surface area contributed by atoms with Gasteiger partial charge in [-0.3, -0.25) is 0 Å². The number of rotatable bonds is 7. The molecule has 0 aliphatic carbocycles. The Hall–Kier alpha value is -12.1. The van der Waals surface area contributed by atoms with E-state index in [0.29, 0.717) is 0 Å². The van der Waals surface area contributed by atoms with E-state index in [0.717, 1.165) is 0 Å². The van der Waals surface area contributed by atoms with E-state index >= 15 is 0 Å². The van der Waals surface area contributed by atoms with Crippen LogP contribution in [0.5, 0.6) is 0 Å². The maximum absolute atomic E-state index is 9.94. The first-order chi connectivity index (χ1) is 69.0. The van der Waals surface area contributed by atoms with E-state index < -0.39 is 525 Å². The van der Waals surface area contributed by atoms with E-state index in [1.54, 1.807) is 0 Å². The Labute approximate surface area is 610 Å². The highest BCUT2D eigenvalue weighted by Crippen LogP contribution is 2.49. The van der Waals surface area contributed by atoms with Crippen LogP contribution in [0.4, 0.5) is 0 Å². The van der Waals surface area contributed by atoms with Crippen molar-refractivity contribution in [3.63, 3.8) is 0 Å². The Morgan fingerprint density at radius 1 is 0.152 bits per heavy atom. The summed E-state index contributed by atoms with van der Waals surface area (Å²) >= 11 is 0. The third-order valence-electron chi connectivity index (χ3n) is 14.6. The minimum atomic E-state index is -1.18. The molecule has 0 aliphatic heterocycles. The van der Waals surface area contributed by atoms with Crippen LogP contribution >= 0.6 is 0 Å². The fraction of sp³-hybridized carbons (Fsp3) is 0. The highest BCUT2D eigenvalue weighted by Gasteiger charge is 2.22. The maximum atomic E-state index is 9.94. The predicted molar refractivity (Wildman–Crippen MR) is 391 cm³/mol. The second-order valence-corrected chi connectivity index (χ2v) is 19.8. The van der Waals surface area contributed by atoms with Gasteiger partial charge in [-0.15, -0.1) is 0 Å². The van der Waals surface area contributed by atoms with Crippen LogP contribution in [0.1, 0.15) is 76.8 Å². The summed E-state index contributed by atoms with van der Waals surface area (Å²) < 4.78 is 514. The standard InChI is InChI=1S/C48H30O.C42H26O/c1-3-13-31(14-4-1)36-25-37(32-15-5-2-6-16-32)27-38(26-36)48-41-21-11-9-19-39(41)47(40-20-10-12-22-42(40)48)35-23-24-45-43(29-35)44-28-33-17-7-8-18-34(33)30-46(44)49-45;1-2-10-27(11-3-1)28-18-20-29(21-19-28)41-33-14-6-8-16-35(33)42(36-17-9-7-15-34(36)41)32-22-23-39-37(25-32)38-24-30-12-4-5-13-31(30)26-40(38)43-39/h1-30H;1-26H/i1D,2D,3D,4D,5D,6D,7D,8D,9D,10D,11D,12D,13D,14D,15D,16D,17D,18D,19D,20D,21D,22D,23D,24D,25D,26D,27D,28D,29D,30D;1D,2D,3D,4D,5D,6D,7D,8D,9D,10D,11D,12D,13D,14D,15D,16D,17D,18D,19D,20D,21D,22D,23D,24D,25D,26D. The van der Waals surface area contributed by atoms with Crippen LogP contribution in [0.2, 0.25) is 0 Å². The number of fused-ring (bicyclic) bond motifs is 12. The second kappa shape index (κ2) is 21.9. The van der Waals surface area contributed by atoms with Crippen LogP contribution < -0.4 is 0 Å². The first-order valence-corrected chi connectivity index (χ1v) is 27.1. The first-order valence-electron chi connectivity index (χ1n) is 55.1. The van der Waals surface area contributed by atoms with Crippen molar-refractivity contribution in [2.24, 2.45) is 0 Å². The molecule has 2 nitrogen and oxygen atoms in total. The molecule has 19 rings (SSSR count). The molecule has 0 spiro atoms. The van der Waals surface area contributed by atoms with Crippen molar-refractivity contribution < 1.29 is 85.6 Å². The summed E-state index contributed by atoms with van der Waals surface area (Å²) in [6.07, 6.45) is 0. The van der Waals surface area contributed by atoms with Crippen LogP contribution in [-0.4, -0.2) is 0 Å². The lowest BCUT2D eigenvalue weighted by atomic mass is 9.84. The molecule has 19 aromatic rings. The fourth-order valence-electron chi connectivity index (χ4n) is 10.8. The molecule has 92 heavy (non-hydrogen) atoms. The first kappa shape index (κ1) is 21.3. The van der Waals surface area contributed by atoms with E-state index in [1.807, 2.05) is 0 Å². The SMILES string of the molecule is [2H]c1c([2H])c([2H])c(-c2c([2H])c(-c3c([2H])c([2H])c([2H])c([2H])c3[2H])c([2H])c(-c3c4c([2H])c([2H])c([2H])c([2H])c4c(-c4c([2H])c([2H])c5oc6c([2H])c7c([2H])c([2H])c([2H])c([2H])c7c([2H])c6c5c4[2H])c4c([2H])c([2H])c([2H])c([2H])c34)c2[2H])c([2H])c1[2H].[2H]c1c([2H])c([2H])c(-c2c([2H])c([2H])c(-c3c4c([2H])c([2H])c([2H])c([2H])c4c(-c4c([2H])c([2H])c5oc6c([2H])c7c([2H])c([2H])c([2H])c([2H])c7c([2H])c6c5c4[2H])c4c([2H])c([2H])c([2H])c([2H])c34)c([2H])c2[2H])c([2H])c1[2H]. The van der Waals surface area contributed by atoms with E-state index in [2.05, 4.69) is 0 Å². The van der Waals surface area contributed by atoms with Gasteiger partial charge in [0.25, 0.3) is 0 Å². The molecule has 2 aromatic heterocycles. The van der Waals surface area contributed by atoms with Crippen LogP contribution in [0.3, 0.4) is 0 Å². The molecule has 0 radical (unpaired) electrons. The highest BCUT2D eigenvalue weighted by molar-refractivity contribution is 6.24. The lowest BCUT2D eigenvalue weighted by molar-refractivity contribution is 0.669. The maximum Gasteiger partial charge on any atom is 0.136 e. The second-order valence-electron chi connectivity index (χ2n) is 19.8. The van der Waals surface area contributed by atoms with Crippen molar-refractivity contribution >= 4 is 109 Å². The molecule has 0 bridgehead atoms. The Balaban J connectivity index is 0.000000195. The summed E-state index contributed by atoms with van der Waals surface area (Å²) in [5, 5.41) is -10.1. The number of furan rings is 2. The van der Waals surface area contributed by atoms with Crippen molar-refractivity contribution in [2.45, 2.75) is 0 Å². The summed E-state index contributed by atoms with van der Waals surface area (Å²) in [4.78, 5) is 0. The monoisotopic (exact) mass is 1220 g/mol. The van der Waals surface area contributed by atoms with Gasteiger partial charge in [-0.05, 0) is 209 Å². The zero-order valence-corrected chi connectivity index (χ0v) is 45.8. The third kappa shape index (κ3) is 9.03. The largest absolute Gasteiger partial charge is 0.456 e. The van der Waals surface area contributed by atoms with Crippen LogP contribution in [0.25, 0.3) is 186 Å². The summed E-state index contributed by atoms with van der Waals surface area (Å²) in [6.45, 7) is 0. The molecule has 2 heterocycles. The lowest BCUT2D eigenvalue weighted by Gasteiger charge is -2.19. The molecule has 17 aromatic carbocycles. The third-order valence-corrected chi connectivity index (χ3v) is 14.6. The Morgan fingerprint density at radius 2 is 0.402 bits per heavy atom. The highest BCUT2D eigenvalue weighted by atomic mass is 16.3. The van der Waals surface area contributed by atoms with Gasteiger partial charge in [0, 0.05) is 21.5 Å². The van der Waals surface area contributed by atoms with Gasteiger partial charge in [0.15, 0.2) is 0 Å². The van der Waals surface area contributed by atoms with Crippen molar-refractivity contribution in [1.82, 2.24) is 0 Å². The zero-order valence-electron chi connectivity index (χ0n) is 102. The minimum Gasteiger partial charge on any atom is -0.456 e. The summed E-state index contributed by atoms with van der Waals surface area (Å²) in [6, 6.07) is -52.9. The number of benzene rings is 17. The Bertz CT molecular complexity index is 9280. The van der Waals surface area contributed by atoms with E-state index in [4.69, 9.17) is 56.8 Å². The molecule has 0 saturated heterocycles.